The van der Waals surface area contributed by atoms with Crippen LogP contribution in [0, 0.1) is 11.3 Å². The highest BCUT2D eigenvalue weighted by Gasteiger charge is 2.61. The number of rotatable bonds is 4. The van der Waals surface area contributed by atoms with Crippen LogP contribution in [0.1, 0.15) is 48.0 Å². The topological polar surface area (TPSA) is 69.6 Å². The van der Waals surface area contributed by atoms with Gasteiger partial charge in [-0.15, -0.1) is 0 Å². The lowest BCUT2D eigenvalue weighted by Gasteiger charge is -2.62. The third-order valence-corrected chi connectivity index (χ3v) is 5.77. The number of hydrogen-bond acceptors (Lipinski definition) is 2. The van der Waals surface area contributed by atoms with E-state index in [0.717, 1.165) is 18.0 Å². The van der Waals surface area contributed by atoms with Gasteiger partial charge in [-0.2, -0.15) is 0 Å². The van der Waals surface area contributed by atoms with Crippen LogP contribution in [0.3, 0.4) is 0 Å². The quantitative estimate of drug-likeness (QED) is 0.898. The maximum absolute atomic E-state index is 12.5. The summed E-state index contributed by atoms with van der Waals surface area (Å²) in [5.41, 5.74) is 1.63. The molecule has 1 atom stereocenters. The average molecular weight is 314 g/mol. The lowest BCUT2D eigenvalue weighted by Crippen LogP contribution is -2.71. The van der Waals surface area contributed by atoms with Gasteiger partial charge in [0.2, 0.25) is 0 Å². The van der Waals surface area contributed by atoms with Gasteiger partial charge in [-0.1, -0.05) is 18.6 Å². The number of benzene rings is 1. The predicted octanol–water partition coefficient (Wildman–Crippen LogP) is 2.86. The fraction of sp³-hybridized carbons (Fsp3) is 0.556. The van der Waals surface area contributed by atoms with Gasteiger partial charge in [-0.25, -0.2) is 9.59 Å². The normalized spacial score (nSPS) is 24.7. The summed E-state index contributed by atoms with van der Waals surface area (Å²) in [6, 6.07) is 7.15. The molecule has 1 aromatic carbocycles. The molecule has 1 heterocycles. The summed E-state index contributed by atoms with van der Waals surface area (Å²) in [6.45, 7) is 1.36. The molecule has 4 rings (SSSR count). The number of aromatic carboxylic acids is 1. The fourth-order valence-corrected chi connectivity index (χ4v) is 4.24. The lowest BCUT2D eigenvalue weighted by atomic mass is 9.57. The smallest absolute Gasteiger partial charge is 0.335 e. The molecular weight excluding hydrogens is 292 g/mol. The second kappa shape index (κ2) is 5.25. The first-order valence-corrected chi connectivity index (χ1v) is 8.46. The Hall–Kier alpha value is -2.04. The van der Waals surface area contributed by atoms with Gasteiger partial charge >= 0.3 is 12.0 Å². The Bertz CT molecular complexity index is 632. The van der Waals surface area contributed by atoms with E-state index in [1.807, 2.05) is 4.90 Å². The van der Waals surface area contributed by atoms with Crippen molar-refractivity contribution in [2.24, 2.45) is 11.3 Å². The van der Waals surface area contributed by atoms with Gasteiger partial charge in [0.25, 0.3) is 0 Å². The molecule has 1 spiro atoms. The average Bonchev–Trinajstić information content (AvgIpc) is 3.27. The van der Waals surface area contributed by atoms with E-state index < -0.39 is 5.97 Å². The Balaban J connectivity index is 1.34. The second-order valence-electron chi connectivity index (χ2n) is 7.29. The van der Waals surface area contributed by atoms with E-state index in [2.05, 4.69) is 5.32 Å². The molecule has 2 saturated carbocycles. The molecule has 5 heteroatoms. The van der Waals surface area contributed by atoms with Crippen molar-refractivity contribution >= 4 is 12.0 Å². The number of carbonyl (C=O) groups is 2. The molecule has 1 aliphatic heterocycles. The van der Waals surface area contributed by atoms with Crippen LogP contribution in [0.5, 0.6) is 0 Å². The largest absolute Gasteiger partial charge is 0.478 e. The number of hydrogen-bond donors (Lipinski definition) is 2. The van der Waals surface area contributed by atoms with E-state index in [4.69, 9.17) is 5.11 Å². The Kier molecular flexibility index (Phi) is 3.32. The Morgan fingerprint density at radius 2 is 1.91 bits per heavy atom. The Morgan fingerprint density at radius 1 is 1.22 bits per heavy atom. The van der Waals surface area contributed by atoms with Crippen molar-refractivity contribution in [1.82, 2.24) is 10.2 Å². The second-order valence-corrected chi connectivity index (χ2v) is 7.29. The number of carbonyl (C=O) groups excluding carboxylic acids is 1. The van der Waals surface area contributed by atoms with Gasteiger partial charge in [0.15, 0.2) is 0 Å². The molecule has 2 N–H and O–H groups in total. The van der Waals surface area contributed by atoms with Crippen molar-refractivity contribution < 1.29 is 14.7 Å². The molecule has 0 aromatic heterocycles. The van der Waals surface area contributed by atoms with Crippen LogP contribution < -0.4 is 5.32 Å². The molecule has 1 saturated heterocycles. The molecule has 1 unspecified atom stereocenters. The number of urea groups is 1. The molecule has 23 heavy (non-hydrogen) atoms. The SMILES string of the molecule is O=C(O)c1ccc(CNC(=O)N2CC3(CCC3)C2C2CC2)cc1. The monoisotopic (exact) mass is 314 g/mol. The third kappa shape index (κ3) is 2.48. The minimum Gasteiger partial charge on any atom is -0.478 e. The first kappa shape index (κ1) is 14.5. The van der Waals surface area contributed by atoms with Crippen molar-refractivity contribution in [3.8, 4) is 0 Å². The van der Waals surface area contributed by atoms with Gasteiger partial charge in [-0.05, 0) is 49.3 Å². The van der Waals surface area contributed by atoms with E-state index >= 15 is 0 Å². The maximum Gasteiger partial charge on any atom is 0.335 e. The number of amides is 2. The first-order valence-electron chi connectivity index (χ1n) is 8.46. The summed E-state index contributed by atoms with van der Waals surface area (Å²) in [5, 5.41) is 11.9. The zero-order chi connectivity index (χ0) is 16.0. The van der Waals surface area contributed by atoms with E-state index in [-0.39, 0.29) is 11.6 Å². The predicted molar refractivity (Wildman–Crippen MR) is 85.1 cm³/mol. The summed E-state index contributed by atoms with van der Waals surface area (Å²) in [5.74, 6) is -0.205. The minimum absolute atomic E-state index is 0.0294. The summed E-state index contributed by atoms with van der Waals surface area (Å²) in [7, 11) is 0. The van der Waals surface area contributed by atoms with E-state index in [0.29, 0.717) is 18.0 Å². The highest BCUT2D eigenvalue weighted by Crippen LogP contribution is 2.59. The highest BCUT2D eigenvalue weighted by atomic mass is 16.4. The third-order valence-electron chi connectivity index (χ3n) is 5.77. The van der Waals surface area contributed by atoms with Gasteiger partial charge in [0.05, 0.1) is 5.56 Å². The van der Waals surface area contributed by atoms with Gasteiger partial charge in [0.1, 0.15) is 0 Å². The summed E-state index contributed by atoms with van der Waals surface area (Å²) in [4.78, 5) is 25.3. The molecule has 3 aliphatic rings. The summed E-state index contributed by atoms with van der Waals surface area (Å²) < 4.78 is 0. The molecular formula is C18H22N2O3. The van der Waals surface area contributed by atoms with Crippen LogP contribution in [-0.2, 0) is 6.54 Å². The molecule has 3 fully saturated rings. The van der Waals surface area contributed by atoms with Crippen LogP contribution in [0.4, 0.5) is 4.79 Å². The molecule has 1 aromatic rings. The summed E-state index contributed by atoms with van der Waals surface area (Å²) >= 11 is 0. The van der Waals surface area contributed by atoms with Gasteiger partial charge in [-0.3, -0.25) is 0 Å². The minimum atomic E-state index is -0.931. The van der Waals surface area contributed by atoms with Crippen LogP contribution in [0.25, 0.3) is 0 Å². The fourth-order valence-electron chi connectivity index (χ4n) is 4.24. The molecule has 0 bridgehead atoms. The standard InChI is InChI=1S/C18H22N2O3/c21-16(22)14-4-2-12(3-5-14)10-19-17(23)20-11-18(8-1-9-18)15(20)13-6-7-13/h2-5,13,15H,1,6-11H2,(H,19,23)(H,21,22). The Labute approximate surface area is 135 Å². The van der Waals surface area contributed by atoms with Crippen molar-refractivity contribution in [2.45, 2.75) is 44.7 Å². The van der Waals surface area contributed by atoms with Crippen molar-refractivity contribution in [3.05, 3.63) is 35.4 Å². The zero-order valence-electron chi connectivity index (χ0n) is 13.1. The summed E-state index contributed by atoms with van der Waals surface area (Å²) in [6.07, 6.45) is 6.43. The number of nitrogens with zero attached hydrogens (tertiary/aromatic N) is 1. The number of nitrogens with one attached hydrogen (secondary N) is 1. The molecule has 0 radical (unpaired) electrons. The maximum atomic E-state index is 12.5. The van der Waals surface area contributed by atoms with Crippen LogP contribution in [0.2, 0.25) is 0 Å². The first-order chi connectivity index (χ1) is 11.1. The zero-order valence-corrected chi connectivity index (χ0v) is 13.1. The van der Waals surface area contributed by atoms with Crippen molar-refractivity contribution in [2.75, 3.05) is 6.54 Å². The number of carboxylic acid groups (broad SMARTS) is 1. The highest BCUT2D eigenvalue weighted by molar-refractivity contribution is 5.87. The lowest BCUT2D eigenvalue weighted by molar-refractivity contribution is -0.107. The Morgan fingerprint density at radius 3 is 2.43 bits per heavy atom. The van der Waals surface area contributed by atoms with Crippen LogP contribution >= 0.6 is 0 Å². The molecule has 5 nitrogen and oxygen atoms in total. The molecule has 2 amide bonds. The van der Waals surface area contributed by atoms with Crippen LogP contribution in [0.15, 0.2) is 24.3 Å². The molecule has 2 aliphatic carbocycles. The van der Waals surface area contributed by atoms with Crippen molar-refractivity contribution in [1.29, 1.82) is 0 Å². The van der Waals surface area contributed by atoms with E-state index in [9.17, 15) is 9.59 Å². The van der Waals surface area contributed by atoms with E-state index in [1.54, 1.807) is 24.3 Å². The van der Waals surface area contributed by atoms with Gasteiger partial charge in [0, 0.05) is 24.5 Å². The molecule has 122 valence electrons. The number of carboxylic acids is 1. The number of likely N-dealkylation sites (tertiary alicyclic amines) is 1. The van der Waals surface area contributed by atoms with Crippen molar-refractivity contribution in [3.63, 3.8) is 0 Å². The van der Waals surface area contributed by atoms with Crippen LogP contribution in [-0.4, -0.2) is 34.6 Å². The van der Waals surface area contributed by atoms with Gasteiger partial charge < -0.3 is 15.3 Å². The van der Waals surface area contributed by atoms with E-state index in [1.165, 1.54) is 32.1 Å².